The van der Waals surface area contributed by atoms with Crippen molar-refractivity contribution in [3.05, 3.63) is 28.2 Å². The van der Waals surface area contributed by atoms with Gasteiger partial charge >= 0.3 is 5.97 Å². The number of anilines is 1. The van der Waals surface area contributed by atoms with Crippen molar-refractivity contribution in [3.8, 4) is 0 Å². The second kappa shape index (κ2) is 6.67. The van der Waals surface area contributed by atoms with Gasteiger partial charge in [-0.3, -0.25) is 9.59 Å². The predicted molar refractivity (Wildman–Crippen MR) is 82.5 cm³/mol. The minimum atomic E-state index is -0.306. The van der Waals surface area contributed by atoms with Crippen LogP contribution in [0.5, 0.6) is 0 Å². The summed E-state index contributed by atoms with van der Waals surface area (Å²) < 4.78 is 5.10. The van der Waals surface area contributed by atoms with Crippen LogP contribution in [-0.4, -0.2) is 18.0 Å². The summed E-state index contributed by atoms with van der Waals surface area (Å²) in [7, 11) is 0. The number of rotatable bonds is 4. The predicted octanol–water partition coefficient (Wildman–Crippen LogP) is 3.91. The van der Waals surface area contributed by atoms with Gasteiger partial charge in [0.25, 0.3) is 0 Å². The molecule has 1 aliphatic rings. The van der Waals surface area contributed by atoms with E-state index in [9.17, 15) is 9.59 Å². The van der Waals surface area contributed by atoms with E-state index in [0.717, 1.165) is 0 Å². The number of esters is 1. The standard InChI is InChI=1S/C15H17Cl2NO3/c1-8(5-10-6-9(2)21-15(10)20)14(19)18-13-4-3-11(16)7-12(13)17/h3-4,7-10H,5-6H2,1-2H3,(H,18,19)/t8-,9+,10-/m1/s1. The fraction of sp³-hybridized carbons (Fsp3) is 0.467. The number of cyclic esters (lactones) is 1. The number of hydrogen-bond donors (Lipinski definition) is 1. The monoisotopic (exact) mass is 329 g/mol. The third-order valence-electron chi connectivity index (χ3n) is 3.54. The van der Waals surface area contributed by atoms with Crippen LogP contribution in [0.1, 0.15) is 26.7 Å². The Balaban J connectivity index is 1.95. The SMILES string of the molecule is C[C@H](C[C@@H]1C[C@H](C)OC1=O)C(=O)Nc1ccc(Cl)cc1Cl. The van der Waals surface area contributed by atoms with Gasteiger partial charge in [-0.25, -0.2) is 0 Å². The first-order valence-electron chi connectivity index (χ1n) is 6.83. The van der Waals surface area contributed by atoms with Gasteiger partial charge in [-0.05, 0) is 38.0 Å². The molecule has 1 aromatic rings. The molecule has 0 spiro atoms. The van der Waals surface area contributed by atoms with Crippen molar-refractivity contribution in [1.29, 1.82) is 0 Å². The van der Waals surface area contributed by atoms with Gasteiger partial charge in [-0.1, -0.05) is 30.1 Å². The topological polar surface area (TPSA) is 55.4 Å². The molecule has 6 heteroatoms. The second-order valence-corrected chi connectivity index (χ2v) is 6.27. The molecular weight excluding hydrogens is 313 g/mol. The summed E-state index contributed by atoms with van der Waals surface area (Å²) in [6.07, 6.45) is 1.07. The molecule has 21 heavy (non-hydrogen) atoms. The van der Waals surface area contributed by atoms with Crippen molar-refractivity contribution in [2.75, 3.05) is 5.32 Å². The van der Waals surface area contributed by atoms with Crippen LogP contribution in [0.2, 0.25) is 10.0 Å². The van der Waals surface area contributed by atoms with E-state index in [0.29, 0.717) is 28.6 Å². The first-order valence-corrected chi connectivity index (χ1v) is 7.59. The summed E-state index contributed by atoms with van der Waals surface area (Å²) in [4.78, 5) is 23.8. The quantitative estimate of drug-likeness (QED) is 0.852. The lowest BCUT2D eigenvalue weighted by atomic mass is 9.93. The van der Waals surface area contributed by atoms with Gasteiger partial charge in [0.2, 0.25) is 5.91 Å². The molecule has 0 unspecified atom stereocenters. The van der Waals surface area contributed by atoms with Gasteiger partial charge in [-0.15, -0.1) is 0 Å². The Hall–Kier alpha value is -1.26. The number of benzene rings is 1. The average Bonchev–Trinajstić information content (AvgIpc) is 2.71. The maximum absolute atomic E-state index is 12.2. The van der Waals surface area contributed by atoms with E-state index in [2.05, 4.69) is 5.32 Å². The molecule has 114 valence electrons. The average molecular weight is 330 g/mol. The van der Waals surface area contributed by atoms with E-state index >= 15 is 0 Å². The van der Waals surface area contributed by atoms with Crippen LogP contribution in [-0.2, 0) is 14.3 Å². The highest BCUT2D eigenvalue weighted by Gasteiger charge is 2.34. The third-order valence-corrected chi connectivity index (χ3v) is 4.09. The van der Waals surface area contributed by atoms with Crippen molar-refractivity contribution < 1.29 is 14.3 Å². The van der Waals surface area contributed by atoms with Crippen LogP contribution in [0.4, 0.5) is 5.69 Å². The highest BCUT2D eigenvalue weighted by Crippen LogP contribution is 2.29. The highest BCUT2D eigenvalue weighted by molar-refractivity contribution is 6.36. The van der Waals surface area contributed by atoms with Gasteiger partial charge < -0.3 is 10.1 Å². The summed E-state index contributed by atoms with van der Waals surface area (Å²) in [5.41, 5.74) is 0.514. The van der Waals surface area contributed by atoms with Crippen LogP contribution in [0, 0.1) is 11.8 Å². The van der Waals surface area contributed by atoms with E-state index in [1.165, 1.54) is 0 Å². The molecule has 1 aromatic carbocycles. The Bertz CT molecular complexity index is 562. The maximum Gasteiger partial charge on any atom is 0.309 e. The smallest absolute Gasteiger partial charge is 0.309 e. The van der Waals surface area contributed by atoms with Crippen LogP contribution >= 0.6 is 23.2 Å². The fourth-order valence-electron chi connectivity index (χ4n) is 2.41. The van der Waals surface area contributed by atoms with E-state index in [1.807, 2.05) is 6.92 Å². The molecule has 1 amide bonds. The zero-order valence-corrected chi connectivity index (χ0v) is 13.4. The van der Waals surface area contributed by atoms with Gasteiger partial charge in [-0.2, -0.15) is 0 Å². The first-order chi connectivity index (χ1) is 9.86. The van der Waals surface area contributed by atoms with Gasteiger partial charge in [0.1, 0.15) is 0 Å². The molecule has 2 rings (SSSR count). The lowest BCUT2D eigenvalue weighted by molar-refractivity contribution is -0.144. The molecule has 0 radical (unpaired) electrons. The Morgan fingerprint density at radius 1 is 1.48 bits per heavy atom. The summed E-state index contributed by atoms with van der Waals surface area (Å²) in [5.74, 6) is -0.903. The van der Waals surface area contributed by atoms with Crippen LogP contribution < -0.4 is 5.32 Å². The Morgan fingerprint density at radius 3 is 2.76 bits per heavy atom. The number of amides is 1. The van der Waals surface area contributed by atoms with Gasteiger partial charge in [0, 0.05) is 10.9 Å². The molecule has 1 fully saturated rings. The zero-order valence-electron chi connectivity index (χ0n) is 11.9. The molecule has 3 atom stereocenters. The Kier molecular flexibility index (Phi) is 5.12. The summed E-state index contributed by atoms with van der Waals surface area (Å²) in [6, 6.07) is 4.88. The van der Waals surface area contributed by atoms with Gasteiger partial charge in [0.15, 0.2) is 0 Å². The lowest BCUT2D eigenvalue weighted by Gasteiger charge is -2.15. The molecule has 1 heterocycles. The Morgan fingerprint density at radius 2 is 2.19 bits per heavy atom. The molecule has 0 aromatic heterocycles. The van der Waals surface area contributed by atoms with E-state index in [4.69, 9.17) is 27.9 Å². The van der Waals surface area contributed by atoms with Crippen molar-refractivity contribution in [2.24, 2.45) is 11.8 Å². The normalized spacial score (nSPS) is 22.8. The van der Waals surface area contributed by atoms with Gasteiger partial charge in [0.05, 0.1) is 22.7 Å². The van der Waals surface area contributed by atoms with Crippen LogP contribution in [0.3, 0.4) is 0 Å². The molecule has 1 N–H and O–H groups in total. The number of carbonyl (C=O) groups excluding carboxylic acids is 2. The number of hydrogen-bond acceptors (Lipinski definition) is 3. The van der Waals surface area contributed by atoms with E-state index < -0.39 is 0 Å². The fourth-order valence-corrected chi connectivity index (χ4v) is 2.87. The third kappa shape index (κ3) is 4.11. The van der Waals surface area contributed by atoms with Crippen LogP contribution in [0.25, 0.3) is 0 Å². The minimum Gasteiger partial charge on any atom is -0.462 e. The summed E-state index contributed by atoms with van der Waals surface area (Å²) in [5, 5.41) is 3.65. The van der Waals surface area contributed by atoms with Crippen molar-refractivity contribution in [3.63, 3.8) is 0 Å². The maximum atomic E-state index is 12.2. The molecule has 1 saturated heterocycles. The van der Waals surface area contributed by atoms with Crippen molar-refractivity contribution in [1.82, 2.24) is 0 Å². The van der Waals surface area contributed by atoms with Crippen molar-refractivity contribution in [2.45, 2.75) is 32.8 Å². The first kappa shape index (κ1) is 16.1. The molecule has 0 bridgehead atoms. The van der Waals surface area contributed by atoms with E-state index in [1.54, 1.807) is 25.1 Å². The Labute approximate surface area is 133 Å². The van der Waals surface area contributed by atoms with Crippen LogP contribution in [0.15, 0.2) is 18.2 Å². The number of nitrogens with one attached hydrogen (secondary N) is 1. The summed E-state index contributed by atoms with van der Waals surface area (Å²) >= 11 is 11.8. The summed E-state index contributed by atoms with van der Waals surface area (Å²) in [6.45, 7) is 3.64. The second-order valence-electron chi connectivity index (χ2n) is 5.43. The molecule has 0 saturated carbocycles. The molecule has 4 nitrogen and oxygen atoms in total. The zero-order chi connectivity index (χ0) is 15.6. The number of halogens is 2. The number of ether oxygens (including phenoxy) is 1. The molecule has 1 aliphatic heterocycles. The molecule has 0 aliphatic carbocycles. The van der Waals surface area contributed by atoms with E-state index in [-0.39, 0.29) is 29.8 Å². The largest absolute Gasteiger partial charge is 0.462 e. The lowest BCUT2D eigenvalue weighted by Crippen LogP contribution is -2.24. The number of carbonyl (C=O) groups is 2. The van der Waals surface area contributed by atoms with Crippen molar-refractivity contribution >= 4 is 40.8 Å². The minimum absolute atomic E-state index is 0.0662. The highest BCUT2D eigenvalue weighted by atomic mass is 35.5. The molecular formula is C15H17Cl2NO3.